The molecule has 0 atom stereocenters. The van der Waals surface area contributed by atoms with E-state index in [-0.39, 0.29) is 56.1 Å². The molecule has 3 aromatic heterocycles. The van der Waals surface area contributed by atoms with Gasteiger partial charge in [0, 0.05) is 53.6 Å². The van der Waals surface area contributed by atoms with E-state index in [9.17, 15) is 22.0 Å². The maximum Gasteiger partial charge on any atom is 0.255 e. The number of halogens is 3. The fourth-order valence-electron chi connectivity index (χ4n) is 5.17. The zero-order valence-corrected chi connectivity index (χ0v) is 25.1. The quantitative estimate of drug-likeness (QED) is 0.207. The Labute approximate surface area is 255 Å². The molecule has 1 amide bonds. The van der Waals surface area contributed by atoms with E-state index in [1.165, 1.54) is 75.8 Å². The Morgan fingerprint density at radius 1 is 0.978 bits per heavy atom. The lowest BCUT2D eigenvalue weighted by molar-refractivity contribution is 0.0964. The van der Waals surface area contributed by atoms with E-state index in [0.29, 0.717) is 16.8 Å². The number of rotatable bonds is 7. The summed E-state index contributed by atoms with van der Waals surface area (Å²) in [5.74, 6) is -2.24. The van der Waals surface area contributed by atoms with Gasteiger partial charge in [-0.15, -0.1) is 0 Å². The van der Waals surface area contributed by atoms with Gasteiger partial charge < -0.3 is 19.5 Å². The highest BCUT2D eigenvalue weighted by Gasteiger charge is 2.28. The second kappa shape index (κ2) is 11.0. The minimum atomic E-state index is -3.90. The first kappa shape index (κ1) is 29.8. The predicted octanol–water partition coefficient (Wildman–Crippen LogP) is 6.49. The maximum atomic E-state index is 15.9. The summed E-state index contributed by atoms with van der Waals surface area (Å²) in [6, 6.07) is 15.2. The molecule has 0 saturated heterocycles. The number of ether oxygens (including phenoxy) is 1. The van der Waals surface area contributed by atoms with Gasteiger partial charge in [0.05, 0.1) is 30.3 Å². The molecule has 0 radical (unpaired) electrons. The van der Waals surface area contributed by atoms with E-state index in [0.717, 1.165) is 16.6 Å². The number of carbonyl (C=O) groups excluding carboxylic acids is 1. The monoisotopic (exact) mass is 634 g/mol. The Balaban J connectivity index is 1.67. The third-order valence-electron chi connectivity index (χ3n) is 7.49. The van der Waals surface area contributed by atoms with Crippen molar-refractivity contribution in [3.05, 3.63) is 89.7 Å². The van der Waals surface area contributed by atoms with Crippen molar-refractivity contribution in [2.24, 2.45) is 0 Å². The van der Waals surface area contributed by atoms with Gasteiger partial charge >= 0.3 is 0 Å². The summed E-state index contributed by atoms with van der Waals surface area (Å²) in [6.07, 6.45) is 0.977. The molecule has 6 rings (SSSR count). The van der Waals surface area contributed by atoms with Gasteiger partial charge in [0.15, 0.2) is 5.82 Å². The molecule has 0 spiro atoms. The molecule has 0 fully saturated rings. The molecule has 45 heavy (non-hydrogen) atoms. The number of furan rings is 1. The van der Waals surface area contributed by atoms with Crippen LogP contribution in [0, 0.1) is 17.5 Å². The van der Waals surface area contributed by atoms with Gasteiger partial charge in [-0.25, -0.2) is 26.6 Å². The number of H-pyrrole nitrogens is 1. The lowest BCUT2D eigenvalue weighted by Gasteiger charge is -2.21. The van der Waals surface area contributed by atoms with Crippen molar-refractivity contribution < 1.29 is 35.5 Å². The Bertz CT molecular complexity index is 2250. The topological polar surface area (TPSA) is 118 Å². The van der Waals surface area contributed by atoms with Crippen LogP contribution >= 0.6 is 0 Å². The fraction of sp³-hybridized carbons (Fsp3) is 0.125. The van der Waals surface area contributed by atoms with Gasteiger partial charge in [-0.3, -0.25) is 9.10 Å². The maximum absolute atomic E-state index is 15.9. The molecule has 13 heteroatoms. The summed E-state index contributed by atoms with van der Waals surface area (Å²) in [5, 5.41) is 3.06. The summed E-state index contributed by atoms with van der Waals surface area (Å²) >= 11 is 0. The summed E-state index contributed by atoms with van der Waals surface area (Å²) in [4.78, 5) is 20.8. The number of hydrogen-bond acceptors (Lipinski definition) is 6. The van der Waals surface area contributed by atoms with Crippen molar-refractivity contribution in [2.45, 2.75) is 0 Å². The summed E-state index contributed by atoms with van der Waals surface area (Å²) in [7, 11) is 0.134. The number of aromatic amines is 1. The van der Waals surface area contributed by atoms with Crippen LogP contribution in [0.4, 0.5) is 18.9 Å². The lowest BCUT2D eigenvalue weighted by atomic mass is 10.00. The van der Waals surface area contributed by atoms with Gasteiger partial charge in [-0.2, -0.15) is 0 Å². The molecule has 230 valence electrons. The molecule has 2 N–H and O–H groups in total. The molecular formula is C32H25F3N4O5S. The fourth-order valence-corrected chi connectivity index (χ4v) is 5.68. The smallest absolute Gasteiger partial charge is 0.255 e. The molecule has 3 heterocycles. The zero-order valence-electron chi connectivity index (χ0n) is 24.3. The molecule has 0 aliphatic rings. The van der Waals surface area contributed by atoms with Gasteiger partial charge in [0.25, 0.3) is 5.91 Å². The molecule has 0 bridgehead atoms. The lowest BCUT2D eigenvalue weighted by Crippen LogP contribution is -2.25. The highest BCUT2D eigenvalue weighted by molar-refractivity contribution is 7.92. The van der Waals surface area contributed by atoms with Crippen molar-refractivity contribution >= 4 is 43.5 Å². The Kier molecular flexibility index (Phi) is 7.28. The van der Waals surface area contributed by atoms with Crippen LogP contribution in [0.2, 0.25) is 0 Å². The van der Waals surface area contributed by atoms with Gasteiger partial charge in [-0.1, -0.05) is 6.07 Å². The number of fused-ring (bicyclic) bond motifs is 2. The van der Waals surface area contributed by atoms with Crippen LogP contribution in [0.3, 0.4) is 0 Å². The molecule has 3 aromatic carbocycles. The van der Waals surface area contributed by atoms with Crippen LogP contribution in [0.15, 0.2) is 71.1 Å². The number of sulfonamides is 1. The van der Waals surface area contributed by atoms with Crippen molar-refractivity contribution in [3.8, 4) is 39.7 Å². The SMILES string of the molecule is CNC(=O)c1c(-c2ccc(F)cc2)oc2cc(N(C)S(C)(=O)=O)c(-c3nc(-c4cc5c(F)cccc5[nH]4)c(OC)cc3F)cc12. The van der Waals surface area contributed by atoms with E-state index < -0.39 is 33.4 Å². The van der Waals surface area contributed by atoms with Crippen LogP contribution in [-0.2, 0) is 10.0 Å². The number of nitrogens with one attached hydrogen (secondary N) is 2. The van der Waals surface area contributed by atoms with E-state index >= 15 is 4.39 Å². The highest BCUT2D eigenvalue weighted by atomic mass is 32.2. The average molecular weight is 635 g/mol. The summed E-state index contributed by atoms with van der Waals surface area (Å²) in [5.41, 5.74) is 1.21. The largest absolute Gasteiger partial charge is 0.494 e. The van der Waals surface area contributed by atoms with Gasteiger partial charge in [0.1, 0.15) is 40.1 Å². The summed E-state index contributed by atoms with van der Waals surface area (Å²) < 4.78 is 82.1. The minimum Gasteiger partial charge on any atom is -0.494 e. The molecule has 0 unspecified atom stereocenters. The van der Waals surface area contributed by atoms with Crippen LogP contribution in [0.1, 0.15) is 10.4 Å². The van der Waals surface area contributed by atoms with E-state index in [1.54, 1.807) is 6.07 Å². The number of carbonyl (C=O) groups is 1. The average Bonchev–Trinajstić information content (AvgIpc) is 3.62. The number of benzene rings is 3. The second-order valence-corrected chi connectivity index (χ2v) is 12.3. The number of methoxy groups -OCH3 is 1. The summed E-state index contributed by atoms with van der Waals surface area (Å²) in [6.45, 7) is 0. The van der Waals surface area contributed by atoms with E-state index in [2.05, 4.69) is 15.3 Å². The third-order valence-corrected chi connectivity index (χ3v) is 8.68. The third kappa shape index (κ3) is 5.14. The molecule has 6 aromatic rings. The molecular weight excluding hydrogens is 609 g/mol. The van der Waals surface area contributed by atoms with Crippen molar-refractivity contribution in [2.75, 3.05) is 31.8 Å². The standard InChI is InChI=1S/C32H25F3N4O5S/c1-36-32(40)28-20-12-19(25(39(2)45(4,41)42)15-26(20)44-31(28)16-8-10-17(33)11-9-16)29-22(35)14-27(43-3)30(38-29)24-13-18-21(34)6-5-7-23(18)37-24/h5-15,37H,1-4H3,(H,36,40). The second-order valence-electron chi connectivity index (χ2n) is 10.2. The van der Waals surface area contributed by atoms with E-state index in [4.69, 9.17) is 9.15 Å². The predicted molar refractivity (Wildman–Crippen MR) is 165 cm³/mol. The van der Waals surface area contributed by atoms with Crippen molar-refractivity contribution in [1.82, 2.24) is 15.3 Å². The Morgan fingerprint density at radius 3 is 2.36 bits per heavy atom. The van der Waals surface area contributed by atoms with Gasteiger partial charge in [-0.05, 0) is 48.5 Å². The zero-order chi connectivity index (χ0) is 32.2. The van der Waals surface area contributed by atoms with Crippen molar-refractivity contribution in [3.63, 3.8) is 0 Å². The molecule has 9 nitrogen and oxygen atoms in total. The number of hydrogen-bond donors (Lipinski definition) is 2. The highest BCUT2D eigenvalue weighted by Crippen LogP contribution is 2.43. The number of amides is 1. The first-order chi connectivity index (χ1) is 21.4. The normalized spacial score (nSPS) is 11.7. The Morgan fingerprint density at radius 2 is 1.71 bits per heavy atom. The minimum absolute atomic E-state index is 0.00179. The molecule has 0 saturated carbocycles. The van der Waals surface area contributed by atoms with Crippen LogP contribution in [0.5, 0.6) is 5.75 Å². The van der Waals surface area contributed by atoms with Gasteiger partial charge in [0.2, 0.25) is 10.0 Å². The molecule has 0 aliphatic heterocycles. The number of pyridine rings is 1. The van der Waals surface area contributed by atoms with Crippen LogP contribution in [-0.4, -0.2) is 51.8 Å². The number of nitrogens with zero attached hydrogens (tertiary/aromatic N) is 2. The van der Waals surface area contributed by atoms with Crippen LogP contribution < -0.4 is 14.4 Å². The first-order valence-electron chi connectivity index (χ1n) is 13.5. The Hall–Kier alpha value is -5.30. The molecule has 0 aliphatic carbocycles. The number of anilines is 1. The first-order valence-corrected chi connectivity index (χ1v) is 15.3. The van der Waals surface area contributed by atoms with Crippen LogP contribution in [0.25, 0.3) is 55.8 Å². The van der Waals surface area contributed by atoms with E-state index in [1.807, 2.05) is 0 Å². The van der Waals surface area contributed by atoms with Crippen molar-refractivity contribution in [1.29, 1.82) is 0 Å². The number of aromatic nitrogens is 2.